The third kappa shape index (κ3) is 4.77. The highest BCUT2D eigenvalue weighted by Crippen LogP contribution is 2.40. The zero-order valence-corrected chi connectivity index (χ0v) is 20.0. The molecule has 0 radical (unpaired) electrons. The van der Waals surface area contributed by atoms with Gasteiger partial charge in [-0.05, 0) is 61.2 Å². The van der Waals surface area contributed by atoms with E-state index < -0.39 is 0 Å². The monoisotopic (exact) mass is 463 g/mol. The predicted molar refractivity (Wildman–Crippen MR) is 130 cm³/mol. The van der Waals surface area contributed by atoms with E-state index in [1.165, 1.54) is 16.9 Å². The van der Waals surface area contributed by atoms with E-state index in [9.17, 15) is 4.79 Å². The summed E-state index contributed by atoms with van der Waals surface area (Å²) in [6.07, 6.45) is 1.02. The summed E-state index contributed by atoms with van der Waals surface area (Å²) < 4.78 is 18.0. The van der Waals surface area contributed by atoms with Gasteiger partial charge in [-0.3, -0.25) is 4.79 Å². The molecule has 1 saturated heterocycles. The van der Waals surface area contributed by atoms with E-state index in [1.807, 2.05) is 30.0 Å². The maximum Gasteiger partial charge on any atom is 0.264 e. The molecular weight excluding hydrogens is 434 g/mol. The van der Waals surface area contributed by atoms with Gasteiger partial charge in [-0.15, -0.1) is 11.3 Å². The molecule has 33 heavy (non-hydrogen) atoms. The SMILES string of the molecule is Cc1ccc(C(=O)N2CCOc3c(cc(-c4ccccc4C)cc3OC[C@H]3CCOC3)C2)s1. The number of amides is 1. The van der Waals surface area contributed by atoms with Crippen molar-refractivity contribution in [3.05, 3.63) is 69.4 Å². The summed E-state index contributed by atoms with van der Waals surface area (Å²) in [4.78, 5) is 17.0. The van der Waals surface area contributed by atoms with Gasteiger partial charge in [-0.2, -0.15) is 0 Å². The van der Waals surface area contributed by atoms with Crippen molar-refractivity contribution in [1.82, 2.24) is 4.90 Å². The maximum absolute atomic E-state index is 13.2. The molecule has 1 fully saturated rings. The Kier molecular flexibility index (Phi) is 6.38. The molecule has 5 nitrogen and oxygen atoms in total. The fourth-order valence-corrected chi connectivity index (χ4v) is 5.28. The number of rotatable bonds is 5. The molecule has 0 aliphatic carbocycles. The van der Waals surface area contributed by atoms with Crippen LogP contribution >= 0.6 is 11.3 Å². The zero-order valence-electron chi connectivity index (χ0n) is 19.1. The lowest BCUT2D eigenvalue weighted by Crippen LogP contribution is -2.31. The van der Waals surface area contributed by atoms with Crippen molar-refractivity contribution in [1.29, 1.82) is 0 Å². The zero-order chi connectivity index (χ0) is 22.8. The quantitative estimate of drug-likeness (QED) is 0.503. The minimum absolute atomic E-state index is 0.0522. The largest absolute Gasteiger partial charge is 0.489 e. The molecule has 3 heterocycles. The maximum atomic E-state index is 13.2. The Bertz CT molecular complexity index is 1150. The highest BCUT2D eigenvalue weighted by Gasteiger charge is 2.26. The molecule has 6 heteroatoms. The van der Waals surface area contributed by atoms with Crippen molar-refractivity contribution in [2.75, 3.05) is 33.0 Å². The number of carbonyl (C=O) groups excluding carboxylic acids is 1. The molecule has 1 aromatic heterocycles. The lowest BCUT2D eigenvalue weighted by Gasteiger charge is -2.20. The van der Waals surface area contributed by atoms with Crippen molar-refractivity contribution in [3.8, 4) is 22.6 Å². The van der Waals surface area contributed by atoms with Crippen LogP contribution in [0.15, 0.2) is 48.5 Å². The average molecular weight is 464 g/mol. The summed E-state index contributed by atoms with van der Waals surface area (Å²) >= 11 is 1.54. The summed E-state index contributed by atoms with van der Waals surface area (Å²) in [5, 5.41) is 0. The smallest absolute Gasteiger partial charge is 0.264 e. The number of fused-ring (bicyclic) bond motifs is 1. The Morgan fingerprint density at radius 3 is 2.79 bits per heavy atom. The molecule has 0 spiro atoms. The normalized spacial score (nSPS) is 17.9. The summed E-state index contributed by atoms with van der Waals surface area (Å²) in [6.45, 7) is 7.75. The molecule has 0 saturated carbocycles. The number of hydrogen-bond donors (Lipinski definition) is 0. The Morgan fingerprint density at radius 2 is 2.03 bits per heavy atom. The van der Waals surface area contributed by atoms with Gasteiger partial charge in [0.05, 0.1) is 24.6 Å². The van der Waals surface area contributed by atoms with Crippen molar-refractivity contribution >= 4 is 17.2 Å². The number of aryl methyl sites for hydroxylation is 2. The highest BCUT2D eigenvalue weighted by molar-refractivity contribution is 7.13. The van der Waals surface area contributed by atoms with E-state index in [2.05, 4.69) is 37.3 Å². The van der Waals surface area contributed by atoms with E-state index >= 15 is 0 Å². The molecule has 1 atom stereocenters. The Morgan fingerprint density at radius 1 is 1.15 bits per heavy atom. The van der Waals surface area contributed by atoms with Crippen LogP contribution in [0.25, 0.3) is 11.1 Å². The van der Waals surface area contributed by atoms with Crippen LogP contribution in [0.4, 0.5) is 0 Å². The van der Waals surface area contributed by atoms with Crippen molar-refractivity contribution < 1.29 is 19.0 Å². The van der Waals surface area contributed by atoms with Crippen molar-refractivity contribution in [2.45, 2.75) is 26.8 Å². The van der Waals surface area contributed by atoms with Crippen LogP contribution in [0.1, 0.15) is 32.1 Å². The van der Waals surface area contributed by atoms with Crippen LogP contribution in [0, 0.1) is 19.8 Å². The molecule has 0 N–H and O–H groups in total. The van der Waals surface area contributed by atoms with Gasteiger partial charge in [0.15, 0.2) is 11.5 Å². The standard InChI is InChI=1S/C27H29NO4S/c1-18-5-3-4-6-23(18)21-13-22-15-28(27(29)25-8-7-19(2)33-25)10-12-31-26(22)24(14-21)32-17-20-9-11-30-16-20/h3-8,13-14,20H,9-12,15-17H2,1-2H3/t20-/m0/s1. The Balaban J connectivity index is 1.50. The Labute approximate surface area is 198 Å². The summed E-state index contributed by atoms with van der Waals surface area (Å²) in [6, 6.07) is 16.5. The van der Waals surface area contributed by atoms with Crippen LogP contribution in [-0.4, -0.2) is 43.8 Å². The predicted octanol–water partition coefficient (Wildman–Crippen LogP) is 5.48. The van der Waals surface area contributed by atoms with E-state index in [4.69, 9.17) is 14.2 Å². The molecular formula is C27H29NO4S. The number of nitrogens with zero attached hydrogens (tertiary/aromatic N) is 1. The van der Waals surface area contributed by atoms with E-state index in [0.717, 1.165) is 57.6 Å². The molecule has 5 rings (SSSR count). The first kappa shape index (κ1) is 22.0. The van der Waals surface area contributed by atoms with Gasteiger partial charge in [0.25, 0.3) is 5.91 Å². The topological polar surface area (TPSA) is 48.0 Å². The van der Waals surface area contributed by atoms with Gasteiger partial charge in [0.1, 0.15) is 6.61 Å². The van der Waals surface area contributed by atoms with Gasteiger partial charge in [-0.1, -0.05) is 24.3 Å². The van der Waals surface area contributed by atoms with E-state index in [0.29, 0.717) is 32.2 Å². The van der Waals surface area contributed by atoms with Crippen LogP contribution in [0.5, 0.6) is 11.5 Å². The molecule has 172 valence electrons. The van der Waals surface area contributed by atoms with Gasteiger partial charge >= 0.3 is 0 Å². The Hall–Kier alpha value is -2.83. The second-order valence-corrected chi connectivity index (χ2v) is 10.1. The summed E-state index contributed by atoms with van der Waals surface area (Å²) in [5.41, 5.74) is 4.41. The fraction of sp³-hybridized carbons (Fsp3) is 0.370. The number of benzene rings is 2. The van der Waals surface area contributed by atoms with Gasteiger partial charge in [0, 0.05) is 29.5 Å². The van der Waals surface area contributed by atoms with E-state index in [-0.39, 0.29) is 5.91 Å². The van der Waals surface area contributed by atoms with Gasteiger partial charge in [0.2, 0.25) is 0 Å². The van der Waals surface area contributed by atoms with Crippen LogP contribution in [0.3, 0.4) is 0 Å². The average Bonchev–Trinajstić information content (AvgIpc) is 3.44. The first-order chi connectivity index (χ1) is 16.1. The summed E-state index contributed by atoms with van der Waals surface area (Å²) in [5.74, 6) is 1.95. The second kappa shape index (κ2) is 9.57. The minimum atomic E-state index is 0.0522. The first-order valence-electron chi connectivity index (χ1n) is 11.5. The molecule has 1 amide bonds. The van der Waals surface area contributed by atoms with Gasteiger partial charge in [-0.25, -0.2) is 0 Å². The number of thiophene rings is 1. The molecule has 0 bridgehead atoms. The molecule has 2 aliphatic rings. The fourth-order valence-electron chi connectivity index (χ4n) is 4.44. The molecule has 2 aliphatic heterocycles. The molecule has 2 aromatic carbocycles. The van der Waals surface area contributed by atoms with Crippen LogP contribution < -0.4 is 9.47 Å². The van der Waals surface area contributed by atoms with Crippen molar-refractivity contribution in [2.24, 2.45) is 5.92 Å². The second-order valence-electron chi connectivity index (χ2n) is 8.80. The van der Waals surface area contributed by atoms with Gasteiger partial charge < -0.3 is 19.1 Å². The van der Waals surface area contributed by atoms with Crippen LogP contribution in [0.2, 0.25) is 0 Å². The molecule has 0 unspecified atom stereocenters. The summed E-state index contributed by atoms with van der Waals surface area (Å²) in [7, 11) is 0. The molecule has 3 aromatic rings. The van der Waals surface area contributed by atoms with Crippen LogP contribution in [-0.2, 0) is 11.3 Å². The number of hydrogen-bond acceptors (Lipinski definition) is 5. The first-order valence-corrected chi connectivity index (χ1v) is 12.3. The third-order valence-electron chi connectivity index (χ3n) is 6.29. The van der Waals surface area contributed by atoms with E-state index in [1.54, 1.807) is 0 Å². The third-order valence-corrected chi connectivity index (χ3v) is 7.28. The number of carbonyl (C=O) groups is 1. The lowest BCUT2D eigenvalue weighted by atomic mass is 9.97. The van der Waals surface area contributed by atoms with Crippen molar-refractivity contribution in [3.63, 3.8) is 0 Å². The lowest BCUT2D eigenvalue weighted by molar-refractivity contribution is 0.0738. The minimum Gasteiger partial charge on any atom is -0.489 e. The number of ether oxygens (including phenoxy) is 3. The highest BCUT2D eigenvalue weighted by atomic mass is 32.1.